The van der Waals surface area contributed by atoms with Crippen LogP contribution in [0.2, 0.25) is 10.0 Å². The molecule has 0 bridgehead atoms. The molecule has 4 rings (SSSR count). The van der Waals surface area contributed by atoms with E-state index in [0.29, 0.717) is 14.9 Å². The van der Waals surface area contributed by atoms with Gasteiger partial charge in [-0.2, -0.15) is 0 Å². The second-order valence-corrected chi connectivity index (χ2v) is 9.50. The van der Waals surface area contributed by atoms with Crippen molar-refractivity contribution in [3.63, 3.8) is 0 Å². The number of carbonyl (C=O) groups is 1. The van der Waals surface area contributed by atoms with E-state index in [4.69, 9.17) is 32.7 Å². The standard InChI is InChI=1S/C21H19Cl2FN4O6S/c22-12-2-1-11(6-13(12)23)35-21-20(33-9-17(30)31)18(19(32)16(8-29)34-21)28-7-15(26-27-28)14-5-10(24)3-4-25-14/h1-7,16,18-21,29,32H,8-9H2,(H,30,31)/t16-,18+,19+,20-,21-/m1/s1. The molecule has 3 heterocycles. The first kappa shape index (κ1) is 25.8. The number of hydrogen-bond acceptors (Lipinski definition) is 9. The van der Waals surface area contributed by atoms with Crippen LogP contribution in [0.1, 0.15) is 6.04 Å². The molecule has 1 aromatic carbocycles. The van der Waals surface area contributed by atoms with Crippen molar-refractivity contribution in [1.29, 1.82) is 0 Å². The molecular weight excluding hydrogens is 526 g/mol. The molecule has 1 fully saturated rings. The van der Waals surface area contributed by atoms with Crippen LogP contribution in [0.3, 0.4) is 0 Å². The molecule has 14 heteroatoms. The molecule has 2 aromatic heterocycles. The first-order valence-electron chi connectivity index (χ1n) is 10.2. The summed E-state index contributed by atoms with van der Waals surface area (Å²) >= 11 is 13.3. The Morgan fingerprint density at radius 2 is 2.03 bits per heavy atom. The predicted octanol–water partition coefficient (Wildman–Crippen LogP) is 2.67. The van der Waals surface area contributed by atoms with Crippen LogP contribution in [0, 0.1) is 5.82 Å². The lowest BCUT2D eigenvalue weighted by Crippen LogP contribution is -2.56. The van der Waals surface area contributed by atoms with E-state index in [1.165, 1.54) is 29.2 Å². The van der Waals surface area contributed by atoms with Crippen LogP contribution in [0.15, 0.2) is 47.6 Å². The van der Waals surface area contributed by atoms with Gasteiger partial charge in [0.2, 0.25) is 0 Å². The van der Waals surface area contributed by atoms with E-state index < -0.39 is 54.8 Å². The molecule has 5 atom stereocenters. The lowest BCUT2D eigenvalue weighted by Gasteiger charge is -2.43. The highest BCUT2D eigenvalue weighted by molar-refractivity contribution is 7.99. The number of aliphatic hydroxyl groups excluding tert-OH is 2. The number of aliphatic carboxylic acids is 1. The molecule has 0 spiro atoms. The Hall–Kier alpha value is -2.32. The first-order chi connectivity index (χ1) is 16.8. The highest BCUT2D eigenvalue weighted by atomic mass is 35.5. The fourth-order valence-corrected chi connectivity index (χ4v) is 5.11. The Labute approximate surface area is 212 Å². The Kier molecular flexibility index (Phi) is 8.22. The third-order valence-corrected chi connectivity index (χ3v) is 7.04. The van der Waals surface area contributed by atoms with E-state index in [1.54, 1.807) is 18.2 Å². The van der Waals surface area contributed by atoms with Crippen molar-refractivity contribution in [3.05, 3.63) is 58.6 Å². The SMILES string of the molecule is O=C(O)CO[C@@H]1[C@@H](n2cc(-c3cc(F)ccn3)nn2)[C@@H](O)[C@@H](CO)O[C@@H]1Sc1ccc(Cl)c(Cl)c1. The van der Waals surface area contributed by atoms with Crippen LogP contribution >= 0.6 is 35.0 Å². The van der Waals surface area contributed by atoms with Gasteiger partial charge in [-0.3, -0.25) is 4.98 Å². The van der Waals surface area contributed by atoms with Gasteiger partial charge >= 0.3 is 5.97 Å². The fraction of sp³-hybridized carbons (Fsp3) is 0.333. The minimum Gasteiger partial charge on any atom is -0.480 e. The van der Waals surface area contributed by atoms with Gasteiger partial charge in [0, 0.05) is 17.2 Å². The Morgan fingerprint density at radius 1 is 1.23 bits per heavy atom. The summed E-state index contributed by atoms with van der Waals surface area (Å²) in [4.78, 5) is 16.0. The Bertz CT molecular complexity index is 1200. The summed E-state index contributed by atoms with van der Waals surface area (Å²) in [5.74, 6) is -1.75. The minimum atomic E-state index is -1.35. The molecule has 1 aliphatic heterocycles. The van der Waals surface area contributed by atoms with Gasteiger partial charge in [-0.25, -0.2) is 13.9 Å². The van der Waals surface area contributed by atoms with Crippen molar-refractivity contribution in [1.82, 2.24) is 20.0 Å². The molecule has 35 heavy (non-hydrogen) atoms. The monoisotopic (exact) mass is 544 g/mol. The highest BCUT2D eigenvalue weighted by Crippen LogP contribution is 2.41. The molecule has 10 nitrogen and oxygen atoms in total. The maximum absolute atomic E-state index is 13.6. The van der Waals surface area contributed by atoms with Crippen LogP contribution < -0.4 is 0 Å². The van der Waals surface area contributed by atoms with Crippen molar-refractivity contribution < 1.29 is 34.0 Å². The lowest BCUT2D eigenvalue weighted by molar-refractivity contribution is -0.196. The lowest BCUT2D eigenvalue weighted by atomic mass is 9.97. The summed E-state index contributed by atoms with van der Waals surface area (Å²) in [7, 11) is 0. The smallest absolute Gasteiger partial charge is 0.329 e. The number of aliphatic hydroxyl groups is 2. The number of benzene rings is 1. The molecule has 0 unspecified atom stereocenters. The van der Waals surface area contributed by atoms with E-state index in [-0.39, 0.29) is 11.4 Å². The zero-order valence-electron chi connectivity index (χ0n) is 17.7. The highest BCUT2D eigenvalue weighted by Gasteiger charge is 2.48. The van der Waals surface area contributed by atoms with Crippen molar-refractivity contribution in [3.8, 4) is 11.4 Å². The maximum Gasteiger partial charge on any atom is 0.329 e. The van der Waals surface area contributed by atoms with Crippen LogP contribution in [0.4, 0.5) is 4.39 Å². The summed E-state index contributed by atoms with van der Waals surface area (Å²) in [5.41, 5.74) is -0.465. The molecule has 1 aliphatic rings. The third kappa shape index (κ3) is 5.92. The zero-order chi connectivity index (χ0) is 25.1. The normalized spacial score (nSPS) is 24.4. The molecular formula is C21H19Cl2FN4O6S. The number of nitrogens with zero attached hydrogens (tertiary/aromatic N) is 4. The molecule has 3 N–H and O–H groups in total. The summed E-state index contributed by atoms with van der Waals surface area (Å²) in [5, 5.41) is 38.7. The maximum atomic E-state index is 13.6. The minimum absolute atomic E-state index is 0.209. The molecule has 0 amide bonds. The summed E-state index contributed by atoms with van der Waals surface area (Å²) in [6.07, 6.45) is -0.756. The van der Waals surface area contributed by atoms with E-state index in [0.717, 1.165) is 11.8 Å². The van der Waals surface area contributed by atoms with Crippen LogP contribution in [0.5, 0.6) is 0 Å². The van der Waals surface area contributed by atoms with Crippen LogP contribution in [0.25, 0.3) is 11.4 Å². The quantitative estimate of drug-likeness (QED) is 0.387. The topological polar surface area (TPSA) is 140 Å². The molecule has 1 saturated heterocycles. The van der Waals surface area contributed by atoms with Gasteiger partial charge in [-0.1, -0.05) is 40.2 Å². The van der Waals surface area contributed by atoms with E-state index in [2.05, 4.69) is 15.3 Å². The number of pyridine rings is 1. The van der Waals surface area contributed by atoms with Gasteiger partial charge in [0.1, 0.15) is 47.9 Å². The van der Waals surface area contributed by atoms with E-state index in [9.17, 15) is 24.5 Å². The van der Waals surface area contributed by atoms with Crippen molar-refractivity contribution in [2.45, 2.75) is 34.7 Å². The molecule has 3 aromatic rings. The fourth-order valence-electron chi connectivity index (χ4n) is 3.57. The zero-order valence-corrected chi connectivity index (χ0v) is 20.1. The van der Waals surface area contributed by atoms with Crippen molar-refractivity contribution >= 4 is 40.9 Å². The summed E-state index contributed by atoms with van der Waals surface area (Å²) in [6.45, 7) is -1.22. The summed E-state index contributed by atoms with van der Waals surface area (Å²) in [6, 6.07) is 6.22. The van der Waals surface area contributed by atoms with Crippen LogP contribution in [-0.4, -0.2) is 78.2 Å². The number of rotatable bonds is 8. The second kappa shape index (κ2) is 11.2. The first-order valence-corrected chi connectivity index (χ1v) is 11.8. The largest absolute Gasteiger partial charge is 0.480 e. The van der Waals surface area contributed by atoms with Crippen molar-refractivity contribution in [2.75, 3.05) is 13.2 Å². The Balaban J connectivity index is 1.70. The third-order valence-electron chi connectivity index (χ3n) is 5.17. The predicted molar refractivity (Wildman–Crippen MR) is 124 cm³/mol. The number of aromatic nitrogens is 4. The molecule has 0 radical (unpaired) electrons. The number of thioether (sulfide) groups is 1. The van der Waals surface area contributed by atoms with Gasteiger partial charge in [0.25, 0.3) is 0 Å². The van der Waals surface area contributed by atoms with Gasteiger partial charge in [0.05, 0.1) is 28.5 Å². The number of halogens is 3. The van der Waals surface area contributed by atoms with Crippen molar-refractivity contribution in [2.24, 2.45) is 0 Å². The second-order valence-electron chi connectivity index (χ2n) is 7.51. The van der Waals surface area contributed by atoms with Gasteiger partial charge < -0.3 is 24.8 Å². The number of carboxylic acid groups (broad SMARTS) is 1. The average Bonchev–Trinajstić information content (AvgIpc) is 3.31. The van der Waals surface area contributed by atoms with Gasteiger partial charge in [-0.15, -0.1) is 5.10 Å². The van der Waals surface area contributed by atoms with E-state index >= 15 is 0 Å². The number of carboxylic acids is 1. The number of hydrogen-bond donors (Lipinski definition) is 3. The molecule has 186 valence electrons. The molecule has 0 saturated carbocycles. The summed E-state index contributed by atoms with van der Waals surface area (Å²) < 4.78 is 26.4. The van der Waals surface area contributed by atoms with Gasteiger partial charge in [0.15, 0.2) is 0 Å². The van der Waals surface area contributed by atoms with E-state index in [1.807, 2.05) is 0 Å². The Morgan fingerprint density at radius 3 is 2.71 bits per heavy atom. The number of ether oxygens (including phenoxy) is 2. The molecule has 0 aliphatic carbocycles. The van der Waals surface area contributed by atoms with Gasteiger partial charge in [-0.05, 0) is 24.3 Å². The van der Waals surface area contributed by atoms with Crippen LogP contribution in [-0.2, 0) is 14.3 Å². The average molecular weight is 545 g/mol.